The summed E-state index contributed by atoms with van der Waals surface area (Å²) in [5.41, 5.74) is 20.2. The summed E-state index contributed by atoms with van der Waals surface area (Å²) >= 11 is 0. The highest BCUT2D eigenvalue weighted by Crippen LogP contribution is 2.45. The summed E-state index contributed by atoms with van der Waals surface area (Å²) in [7, 11) is 0. The van der Waals surface area contributed by atoms with Gasteiger partial charge in [-0.2, -0.15) is 0 Å². The molecule has 0 radical (unpaired) electrons. The van der Waals surface area contributed by atoms with Gasteiger partial charge in [0.1, 0.15) is 106 Å². The van der Waals surface area contributed by atoms with Crippen LogP contribution in [0, 0.1) is 0 Å². The topological polar surface area (TPSA) is 726 Å². The van der Waals surface area contributed by atoms with Crippen LogP contribution in [0.15, 0.2) is 10.2 Å². The Bertz CT molecular complexity index is 4380. The second-order valence-corrected chi connectivity index (χ2v) is 31.4. The zero-order valence-electron chi connectivity index (χ0n) is 77.6. The smallest absolute Gasteiger partial charge is 0.303 e. The first-order valence-electron chi connectivity index (χ1n) is 42.2. The second-order valence-electron chi connectivity index (χ2n) is 31.4. The number of hydrogen-bond acceptors (Lipinski definition) is 54. The van der Waals surface area contributed by atoms with Crippen molar-refractivity contribution >= 4 is 113 Å². The van der Waals surface area contributed by atoms with Gasteiger partial charge in [0.05, 0.1) is 25.3 Å². The fourth-order valence-corrected chi connectivity index (χ4v) is 15.8. The van der Waals surface area contributed by atoms with Crippen molar-refractivity contribution in [3.05, 3.63) is 20.9 Å². The van der Waals surface area contributed by atoms with Gasteiger partial charge in [-0.25, -0.2) is 0 Å². The van der Waals surface area contributed by atoms with Crippen molar-refractivity contribution < 1.29 is 247 Å². The number of azide groups is 2. The van der Waals surface area contributed by atoms with Crippen LogP contribution in [0.3, 0.4) is 0 Å². The van der Waals surface area contributed by atoms with Crippen LogP contribution in [0.5, 0.6) is 0 Å². The van der Waals surface area contributed by atoms with Crippen LogP contribution in [0.4, 0.5) is 0 Å². The Kier molecular flexibility index (Phi) is 41.2. The quantitative estimate of drug-likeness (QED) is 0.0276. The van der Waals surface area contributed by atoms with E-state index in [1.165, 1.54) is 0 Å². The number of rotatable bonds is 28. The Morgan fingerprint density at radius 3 is 0.413 bits per heavy atom. The van der Waals surface area contributed by atoms with E-state index in [-0.39, 0.29) is 0 Å². The van der Waals surface area contributed by atoms with Crippen molar-refractivity contribution in [3.8, 4) is 0 Å². The van der Waals surface area contributed by atoms with E-state index in [0.29, 0.717) is 0 Å². The molecule has 768 valence electrons. The summed E-state index contributed by atoms with van der Waals surface area (Å²) in [6, 6.07) is 0. The van der Waals surface area contributed by atoms with Crippen molar-refractivity contribution in [3.63, 3.8) is 0 Å². The lowest BCUT2D eigenvalue weighted by atomic mass is 9.94. The van der Waals surface area contributed by atoms with E-state index >= 15 is 0 Å². The Morgan fingerprint density at radius 2 is 0.297 bits per heavy atom. The number of nitrogens with zero attached hydrogens (tertiary/aromatic N) is 6. The van der Waals surface area contributed by atoms with Gasteiger partial charge in [0, 0.05) is 141 Å². The standard InChI is InChI=1S/C80H106N6O52/c1-27(87)106-22-48-55-62(113-34(8)94)71(122-43(17)103)78(129-48)136-57-50(24-108-29(3)89)127-76(69(120-41(15)101)64(57)115-36(10)96)132-53-46(20-83-85-81)126-75(68(119-40(14)100)60(53)111-32(6)92)135-56-49(23-107-28(2)88)130-79(72(123-44(18)104)63(56)114-35(9)95)138-59-52(26-110-31(5)91)131-80(73(124-45(19)105)66(59)117-38(12)98)137-58-51(25-109-30(4)90)128-77(70(121-42(16)102)65(58)116-37(11)97)133-54-47(21-84-86-82)125-74(134-55)67(118-39(13)99)61(54)112-33(7)93/h46-80H,20-26H2,1-19H3/t46?,47?,48?,49?,50?,51?,52?,53-,54-,55-,56-,57-,58-,59-,60+,61+,62+,63+,64+,65+,66+,67?,68?,69?,70?,71?,72?,73?,74-,75+,76+,77-,78+,79-,80-/m1/s1. The summed E-state index contributed by atoms with van der Waals surface area (Å²) in [5, 5.41) is 7.31. The molecule has 21 saturated heterocycles. The molecule has 21 aliphatic heterocycles. The number of carbonyl (C=O) groups is 19. The number of carbonyl (C=O) groups excluding carboxylic acids is 19. The van der Waals surface area contributed by atoms with Crippen LogP contribution in [0.25, 0.3) is 20.9 Å². The van der Waals surface area contributed by atoms with Crippen LogP contribution >= 0.6 is 0 Å². The van der Waals surface area contributed by atoms with Crippen LogP contribution in [0.2, 0.25) is 0 Å². The van der Waals surface area contributed by atoms with Crippen LogP contribution in [0.1, 0.15) is 132 Å². The van der Waals surface area contributed by atoms with Crippen LogP contribution < -0.4 is 0 Å². The summed E-state index contributed by atoms with van der Waals surface area (Å²) in [6.07, 6.45) is -80.9. The van der Waals surface area contributed by atoms with Gasteiger partial charge in [0.2, 0.25) is 0 Å². The van der Waals surface area contributed by atoms with E-state index in [1.807, 2.05) is 0 Å². The minimum Gasteiger partial charge on any atom is -0.463 e. The molecule has 0 amide bonds. The largest absolute Gasteiger partial charge is 0.463 e. The SMILES string of the molecule is CC(=O)OCC1O[C@@H]2O[C@@H]3C(CN=[N+]=[N-])O[C@H](O[C@@H]4C(COC(C)=O)O[C@@H](O[C@@H]5C(COC(C)=O)O[C@@H](O[C@@H]6C(CN=[N+]=[N-])O[C@@H](O[C@@H]7C(COC(C)=O)O[C@H](O[C@@H]8C(COC(C)=O)O[C@H](O[C@H]1[C@H](OC(C)=O)C2OC(C)=O)C(OC(C)=O)[C@H]8OC(C)=O)C(OC(C)=O)[C@H]7OC(C)=O)C(OC(C)=O)[C@H]6OC(C)=O)C(OC(C)=O)[C@H]5OC(C)=O)C(OC(C)=O)[C@H]4OC(C)=O)C(OC(C)=O)[C@H]3OC(C)=O. The molecule has 14 bridgehead atoms. The monoisotopic (exact) mass is 1980 g/mol. The van der Waals surface area contributed by atoms with Gasteiger partial charge in [-0.1, -0.05) is 10.2 Å². The highest BCUT2D eigenvalue weighted by atomic mass is 16.8. The molecule has 21 heterocycles. The number of esters is 19. The molecule has 21 rings (SSSR count). The summed E-state index contributed by atoms with van der Waals surface area (Å²) < 4.78 is 203. The molecule has 0 N–H and O–H groups in total. The Balaban J connectivity index is 1.51. The molecule has 0 aromatic rings. The van der Waals surface area contributed by atoms with E-state index in [4.69, 9.17) is 156 Å². The predicted molar refractivity (Wildman–Crippen MR) is 424 cm³/mol. The average Bonchev–Trinajstić information content (AvgIpc) is 0.769. The summed E-state index contributed by atoms with van der Waals surface area (Å²) in [4.78, 5) is 266. The lowest BCUT2D eigenvalue weighted by Gasteiger charge is -2.52. The Labute approximate surface area is 782 Å². The maximum atomic E-state index is 13.9. The van der Waals surface area contributed by atoms with Crippen molar-refractivity contribution in [1.29, 1.82) is 0 Å². The molecule has 14 unspecified atom stereocenters. The minimum atomic E-state index is -2.46. The third-order valence-electron chi connectivity index (χ3n) is 20.3. The van der Waals surface area contributed by atoms with Crippen molar-refractivity contribution in [2.24, 2.45) is 10.2 Å². The molecule has 0 saturated carbocycles. The van der Waals surface area contributed by atoms with E-state index in [9.17, 15) is 102 Å². The fourth-order valence-electron chi connectivity index (χ4n) is 15.8. The first-order chi connectivity index (χ1) is 64.9. The molecule has 0 aromatic carbocycles. The third-order valence-corrected chi connectivity index (χ3v) is 20.3. The predicted octanol–water partition coefficient (Wildman–Crippen LogP) is -1.75. The fraction of sp³-hybridized carbons (Fsp3) is 0.762. The van der Waals surface area contributed by atoms with Crippen LogP contribution in [-0.4, -0.2) is 374 Å². The molecule has 58 nitrogen and oxygen atoms in total. The number of hydrogen-bond donors (Lipinski definition) is 0. The van der Waals surface area contributed by atoms with Crippen molar-refractivity contribution in [2.75, 3.05) is 46.1 Å². The zero-order valence-corrected chi connectivity index (χ0v) is 77.6. The van der Waals surface area contributed by atoms with Crippen molar-refractivity contribution in [2.45, 2.75) is 346 Å². The molecule has 58 heteroatoms. The van der Waals surface area contributed by atoms with E-state index < -0.39 is 374 Å². The highest BCUT2D eigenvalue weighted by Gasteiger charge is 2.66. The lowest BCUT2D eigenvalue weighted by Crippen LogP contribution is -2.70. The first-order valence-corrected chi connectivity index (χ1v) is 42.2. The van der Waals surface area contributed by atoms with Gasteiger partial charge in [0.25, 0.3) is 0 Å². The molecular formula is C80H106N6O52. The average molecular weight is 1980 g/mol. The molecule has 138 heavy (non-hydrogen) atoms. The molecule has 0 aromatic heterocycles. The van der Waals surface area contributed by atoms with Gasteiger partial charge < -0.3 is 156 Å². The van der Waals surface area contributed by atoms with Gasteiger partial charge in [-0.3, -0.25) is 91.1 Å². The van der Waals surface area contributed by atoms with Gasteiger partial charge in [-0.05, 0) is 11.1 Å². The normalized spacial score (nSPS) is 34.9. The maximum absolute atomic E-state index is 13.9. The zero-order chi connectivity index (χ0) is 102. The van der Waals surface area contributed by atoms with Gasteiger partial charge >= 0.3 is 113 Å². The minimum absolute atomic E-state index is 0.792. The molecular weight excluding hydrogens is 1880 g/mol. The van der Waals surface area contributed by atoms with E-state index in [0.717, 1.165) is 132 Å². The molecule has 0 spiro atoms. The van der Waals surface area contributed by atoms with E-state index in [2.05, 4.69) is 20.1 Å². The molecule has 35 atom stereocenters. The first kappa shape index (κ1) is 111. The summed E-state index contributed by atoms with van der Waals surface area (Å²) in [5.74, 6) is -23.9. The summed E-state index contributed by atoms with van der Waals surface area (Å²) in [6.45, 7) is 7.88. The van der Waals surface area contributed by atoms with Crippen molar-refractivity contribution in [1.82, 2.24) is 0 Å². The Hall–Kier alpha value is -12.0. The van der Waals surface area contributed by atoms with Gasteiger partial charge in [-0.15, -0.1) is 0 Å². The van der Waals surface area contributed by atoms with Gasteiger partial charge in [0.15, 0.2) is 129 Å². The second kappa shape index (κ2) is 51.1. The highest BCUT2D eigenvalue weighted by molar-refractivity contribution is 5.73. The molecule has 0 aliphatic carbocycles. The van der Waals surface area contributed by atoms with Crippen LogP contribution in [-0.2, 0) is 247 Å². The number of ether oxygens (including phenoxy) is 33. The van der Waals surface area contributed by atoms with E-state index in [1.54, 1.807) is 0 Å². The molecule has 21 aliphatic rings. The third kappa shape index (κ3) is 31.2. The Morgan fingerprint density at radius 1 is 0.181 bits per heavy atom. The maximum Gasteiger partial charge on any atom is 0.303 e. The lowest BCUT2D eigenvalue weighted by molar-refractivity contribution is -0.395. The molecule has 21 fully saturated rings.